The second kappa shape index (κ2) is 6.13. The number of aryl methyl sites for hydroxylation is 1. The number of likely N-dealkylation sites (tertiary alicyclic amines) is 1. The van der Waals surface area contributed by atoms with Crippen molar-refractivity contribution in [2.75, 3.05) is 24.5 Å². The maximum Gasteiger partial charge on any atom is 0.311 e. The van der Waals surface area contributed by atoms with Crippen molar-refractivity contribution in [1.29, 1.82) is 0 Å². The van der Waals surface area contributed by atoms with Crippen LogP contribution in [0.25, 0.3) is 0 Å². The Balaban J connectivity index is 1.51. The highest BCUT2D eigenvalue weighted by atomic mass is 16.4. The van der Waals surface area contributed by atoms with Crippen LogP contribution in [0.2, 0.25) is 0 Å². The van der Waals surface area contributed by atoms with Crippen molar-refractivity contribution in [2.45, 2.75) is 45.1 Å². The van der Waals surface area contributed by atoms with Crippen LogP contribution in [0.1, 0.15) is 38.2 Å². The van der Waals surface area contributed by atoms with E-state index in [-0.39, 0.29) is 17.9 Å². The summed E-state index contributed by atoms with van der Waals surface area (Å²) in [5.74, 6) is -0.384. The van der Waals surface area contributed by atoms with Crippen molar-refractivity contribution in [3.63, 3.8) is 0 Å². The predicted molar refractivity (Wildman–Crippen MR) is 95.6 cm³/mol. The smallest absolute Gasteiger partial charge is 0.311 e. The van der Waals surface area contributed by atoms with Gasteiger partial charge in [0.1, 0.15) is 0 Å². The Morgan fingerprint density at radius 1 is 1.28 bits per heavy atom. The summed E-state index contributed by atoms with van der Waals surface area (Å²) in [6.45, 7) is 3.68. The monoisotopic (exact) mass is 342 g/mol. The molecule has 1 unspecified atom stereocenters. The fourth-order valence-electron chi connectivity index (χ4n) is 5.20. The number of carbonyl (C=O) groups excluding carboxylic acids is 1. The number of fused-ring (bicyclic) bond motifs is 2. The van der Waals surface area contributed by atoms with Gasteiger partial charge in [0, 0.05) is 24.8 Å². The molecule has 134 valence electrons. The molecule has 0 radical (unpaired) electrons. The number of anilines is 1. The van der Waals surface area contributed by atoms with Gasteiger partial charge in [-0.25, -0.2) is 0 Å². The first-order chi connectivity index (χ1) is 12.0. The Morgan fingerprint density at radius 2 is 2.08 bits per heavy atom. The van der Waals surface area contributed by atoms with E-state index >= 15 is 0 Å². The van der Waals surface area contributed by atoms with E-state index in [4.69, 9.17) is 0 Å². The number of carboxylic acids is 1. The van der Waals surface area contributed by atoms with E-state index in [0.29, 0.717) is 13.1 Å². The Hall–Kier alpha value is -1.88. The average Bonchev–Trinajstić information content (AvgIpc) is 3.12. The van der Waals surface area contributed by atoms with Gasteiger partial charge >= 0.3 is 5.97 Å². The number of carbonyl (C=O) groups is 2. The van der Waals surface area contributed by atoms with Gasteiger partial charge in [0.15, 0.2) is 0 Å². The molecule has 0 bridgehead atoms. The molecule has 1 amide bonds. The van der Waals surface area contributed by atoms with Crippen molar-refractivity contribution in [3.05, 3.63) is 29.8 Å². The van der Waals surface area contributed by atoms with Crippen LogP contribution in [0, 0.1) is 11.3 Å². The fraction of sp³-hybridized carbons (Fsp3) is 0.600. The lowest BCUT2D eigenvalue weighted by molar-refractivity contribution is -0.149. The van der Waals surface area contributed by atoms with E-state index in [1.54, 1.807) is 0 Å². The van der Waals surface area contributed by atoms with Crippen LogP contribution in [-0.2, 0) is 16.0 Å². The Bertz CT molecular complexity index is 704. The number of nitrogens with zero attached hydrogens (tertiary/aromatic N) is 2. The quantitative estimate of drug-likeness (QED) is 0.917. The summed E-state index contributed by atoms with van der Waals surface area (Å²) in [5.41, 5.74) is 1.64. The zero-order valence-electron chi connectivity index (χ0n) is 14.8. The summed E-state index contributed by atoms with van der Waals surface area (Å²) in [7, 11) is 0. The predicted octanol–water partition coefficient (Wildman–Crippen LogP) is 2.54. The first-order valence-corrected chi connectivity index (χ1v) is 9.37. The minimum atomic E-state index is -0.679. The molecule has 2 heterocycles. The third-order valence-corrected chi connectivity index (χ3v) is 6.52. The van der Waals surface area contributed by atoms with Crippen LogP contribution in [0.4, 0.5) is 5.69 Å². The molecule has 4 rings (SSSR count). The number of amides is 1. The van der Waals surface area contributed by atoms with Gasteiger partial charge in [-0.3, -0.25) is 14.5 Å². The highest BCUT2D eigenvalue weighted by Crippen LogP contribution is 2.48. The van der Waals surface area contributed by atoms with E-state index in [0.717, 1.165) is 44.3 Å². The molecule has 25 heavy (non-hydrogen) atoms. The molecular weight excluding hydrogens is 316 g/mol. The summed E-state index contributed by atoms with van der Waals surface area (Å²) in [6, 6.07) is 8.33. The number of benzene rings is 1. The molecule has 1 aromatic carbocycles. The number of carboxylic acid groups (broad SMARTS) is 1. The van der Waals surface area contributed by atoms with Crippen molar-refractivity contribution >= 4 is 17.6 Å². The van der Waals surface area contributed by atoms with Gasteiger partial charge in [0.05, 0.1) is 12.0 Å². The zero-order chi connectivity index (χ0) is 17.6. The molecule has 3 aliphatic rings. The van der Waals surface area contributed by atoms with Gasteiger partial charge in [-0.15, -0.1) is 0 Å². The van der Waals surface area contributed by atoms with Crippen molar-refractivity contribution in [3.8, 4) is 0 Å². The molecule has 1 saturated heterocycles. The lowest BCUT2D eigenvalue weighted by Crippen LogP contribution is -2.47. The topological polar surface area (TPSA) is 60.9 Å². The summed E-state index contributed by atoms with van der Waals surface area (Å²) >= 11 is 0. The van der Waals surface area contributed by atoms with E-state index in [2.05, 4.69) is 17.9 Å². The second-order valence-electron chi connectivity index (χ2n) is 8.00. The molecule has 1 N–H and O–H groups in total. The summed E-state index contributed by atoms with van der Waals surface area (Å²) in [6.07, 6.45) is 4.70. The Morgan fingerprint density at radius 3 is 2.84 bits per heavy atom. The van der Waals surface area contributed by atoms with Crippen LogP contribution in [0.15, 0.2) is 24.3 Å². The van der Waals surface area contributed by atoms with Crippen molar-refractivity contribution in [1.82, 2.24) is 4.90 Å². The van der Waals surface area contributed by atoms with Crippen LogP contribution in [0.3, 0.4) is 0 Å². The van der Waals surface area contributed by atoms with E-state index in [9.17, 15) is 14.7 Å². The number of aliphatic carboxylic acids is 1. The zero-order valence-corrected chi connectivity index (χ0v) is 14.8. The largest absolute Gasteiger partial charge is 0.481 e. The van der Waals surface area contributed by atoms with E-state index in [1.807, 2.05) is 23.1 Å². The van der Waals surface area contributed by atoms with Crippen LogP contribution in [-0.4, -0.2) is 47.6 Å². The maximum absolute atomic E-state index is 13.1. The van der Waals surface area contributed by atoms with Crippen molar-refractivity contribution < 1.29 is 14.7 Å². The molecule has 1 aromatic rings. The molecule has 1 saturated carbocycles. The Labute approximate surface area is 148 Å². The third-order valence-electron chi connectivity index (χ3n) is 6.52. The molecule has 2 fully saturated rings. The number of para-hydroxylation sites is 1. The normalized spacial score (nSPS) is 31.6. The molecule has 3 atom stereocenters. The van der Waals surface area contributed by atoms with Gasteiger partial charge in [0.2, 0.25) is 5.91 Å². The molecule has 0 spiro atoms. The maximum atomic E-state index is 13.1. The molecule has 5 heteroatoms. The summed E-state index contributed by atoms with van der Waals surface area (Å²) in [5, 5.41) is 9.73. The molecular formula is C20H26N2O3. The van der Waals surface area contributed by atoms with Gasteiger partial charge in [-0.1, -0.05) is 24.6 Å². The molecule has 5 nitrogen and oxygen atoms in total. The minimum absolute atomic E-state index is 0.0974. The van der Waals surface area contributed by atoms with Gasteiger partial charge < -0.3 is 10.0 Å². The van der Waals surface area contributed by atoms with Crippen molar-refractivity contribution in [2.24, 2.45) is 11.3 Å². The highest BCUT2D eigenvalue weighted by molar-refractivity contribution is 5.96. The minimum Gasteiger partial charge on any atom is -0.481 e. The van der Waals surface area contributed by atoms with Gasteiger partial charge in [0.25, 0.3) is 0 Å². The summed E-state index contributed by atoms with van der Waals surface area (Å²) in [4.78, 5) is 28.9. The number of rotatable bonds is 3. The summed E-state index contributed by atoms with van der Waals surface area (Å²) < 4.78 is 0. The lowest BCUT2D eigenvalue weighted by Gasteiger charge is -2.36. The van der Waals surface area contributed by atoms with Crippen LogP contribution < -0.4 is 4.90 Å². The van der Waals surface area contributed by atoms with Gasteiger partial charge in [-0.2, -0.15) is 0 Å². The Kier molecular flexibility index (Phi) is 4.07. The average molecular weight is 342 g/mol. The molecule has 1 aliphatic carbocycles. The fourth-order valence-corrected chi connectivity index (χ4v) is 5.20. The van der Waals surface area contributed by atoms with Crippen LogP contribution >= 0.6 is 0 Å². The third kappa shape index (κ3) is 2.65. The van der Waals surface area contributed by atoms with Crippen LogP contribution in [0.5, 0.6) is 0 Å². The van der Waals surface area contributed by atoms with E-state index in [1.165, 1.54) is 5.56 Å². The standard InChI is InChI=1S/C20H26N2O3/c1-14-8-9-15-5-2-3-7-17(15)22(14)18(23)12-21-11-16-6-4-10-20(16,13-21)19(24)25/h2-3,5,7,14,16H,4,6,8-13H2,1H3,(H,24,25)/t14?,16-,20+/m0/s1. The SMILES string of the molecule is CC1CCc2ccccc2N1C(=O)CN1C[C@@H]2CCC[C@@]2(C(=O)O)C1. The number of hydrogen-bond donors (Lipinski definition) is 1. The molecule has 0 aromatic heterocycles. The first-order valence-electron chi connectivity index (χ1n) is 9.37. The van der Waals surface area contributed by atoms with E-state index < -0.39 is 11.4 Å². The van der Waals surface area contributed by atoms with Gasteiger partial charge in [-0.05, 0) is 50.2 Å². The highest BCUT2D eigenvalue weighted by Gasteiger charge is 2.55. The second-order valence-corrected chi connectivity index (χ2v) is 8.00. The first kappa shape index (κ1) is 16.6. The number of hydrogen-bond acceptors (Lipinski definition) is 3. The lowest BCUT2D eigenvalue weighted by atomic mass is 9.81. The molecule has 2 aliphatic heterocycles.